The Hall–Kier alpha value is -1.98. The molecule has 0 aromatic rings. The maximum absolute atomic E-state index is 12.0. The Balaban J connectivity index is 3.50. The lowest BCUT2D eigenvalue weighted by Gasteiger charge is -2.04. The van der Waals surface area contributed by atoms with E-state index in [2.05, 4.69) is 13.8 Å². The summed E-state index contributed by atoms with van der Waals surface area (Å²) in [7, 11) is 0. The molecule has 0 aromatic heterocycles. The lowest BCUT2D eigenvalue weighted by Crippen LogP contribution is -2.12. The zero-order valence-corrected chi connectivity index (χ0v) is 35.9. The standard InChI is InChI=1S/C48H88O6/c1-3-5-7-9-11-13-15-17-19-21-23-25-27-29-31-33-35-37-39-41-45(49)53-47(51)43-44-48(52)54-46(50)42-40-38-36-34-32-30-28-26-24-22-20-18-16-14-12-10-8-6-4-2/h43-44H,3-42H2,1-2H3. The van der Waals surface area contributed by atoms with Gasteiger partial charge in [0.15, 0.2) is 0 Å². The fourth-order valence-electron chi connectivity index (χ4n) is 7.23. The number of carbonyl (C=O) groups excluding carboxylic acids is 4. The molecule has 0 N–H and O–H groups in total. The molecule has 0 aliphatic carbocycles. The van der Waals surface area contributed by atoms with Crippen LogP contribution in [0.5, 0.6) is 0 Å². The summed E-state index contributed by atoms with van der Waals surface area (Å²) in [6, 6.07) is 0. The third-order valence-electron chi connectivity index (χ3n) is 10.8. The maximum Gasteiger partial charge on any atom is 0.338 e. The first-order valence-corrected chi connectivity index (χ1v) is 23.7. The minimum atomic E-state index is -0.916. The van der Waals surface area contributed by atoms with Crippen LogP contribution in [0.25, 0.3) is 0 Å². The molecule has 0 saturated carbocycles. The monoisotopic (exact) mass is 761 g/mol. The van der Waals surface area contributed by atoms with Gasteiger partial charge in [0.1, 0.15) is 0 Å². The second kappa shape index (κ2) is 43.7. The zero-order valence-electron chi connectivity index (χ0n) is 35.9. The minimum Gasteiger partial charge on any atom is -0.390 e. The predicted octanol–water partition coefficient (Wildman–Crippen LogP) is 15.3. The van der Waals surface area contributed by atoms with Crippen LogP contribution in [0.15, 0.2) is 12.2 Å². The summed E-state index contributed by atoms with van der Waals surface area (Å²) in [6.45, 7) is 4.55. The zero-order chi connectivity index (χ0) is 39.4. The molecule has 0 spiro atoms. The van der Waals surface area contributed by atoms with Crippen LogP contribution in [0, 0.1) is 0 Å². The first-order valence-electron chi connectivity index (χ1n) is 23.7. The van der Waals surface area contributed by atoms with Gasteiger partial charge in [-0.15, -0.1) is 0 Å². The van der Waals surface area contributed by atoms with Crippen molar-refractivity contribution in [2.24, 2.45) is 0 Å². The van der Waals surface area contributed by atoms with E-state index in [1.807, 2.05) is 0 Å². The van der Waals surface area contributed by atoms with E-state index in [1.165, 1.54) is 205 Å². The van der Waals surface area contributed by atoms with Crippen molar-refractivity contribution in [3.8, 4) is 0 Å². The summed E-state index contributed by atoms with van der Waals surface area (Å²) in [6.07, 6.45) is 50.9. The van der Waals surface area contributed by atoms with E-state index < -0.39 is 23.9 Å². The molecule has 0 radical (unpaired) electrons. The number of unbranched alkanes of at least 4 members (excludes halogenated alkanes) is 36. The predicted molar refractivity (Wildman–Crippen MR) is 227 cm³/mol. The molecule has 54 heavy (non-hydrogen) atoms. The van der Waals surface area contributed by atoms with E-state index in [9.17, 15) is 19.2 Å². The third-order valence-corrected chi connectivity index (χ3v) is 10.8. The number of hydrogen-bond donors (Lipinski definition) is 0. The van der Waals surface area contributed by atoms with Crippen LogP contribution in [0.4, 0.5) is 0 Å². The van der Waals surface area contributed by atoms with Crippen molar-refractivity contribution < 1.29 is 28.7 Å². The second-order valence-corrected chi connectivity index (χ2v) is 16.1. The SMILES string of the molecule is CCCCCCCCCCCCCCCCCCCCCC(=O)OC(=O)C=CC(=O)OC(=O)CCCCCCCCCCCCCCCCCCCCC. The second-order valence-electron chi connectivity index (χ2n) is 16.1. The summed E-state index contributed by atoms with van der Waals surface area (Å²) in [5.74, 6) is -3.02. The normalized spacial score (nSPS) is 11.4. The van der Waals surface area contributed by atoms with Crippen LogP contribution in [-0.4, -0.2) is 23.9 Å². The molecule has 0 aliphatic heterocycles. The Bertz CT molecular complexity index is 810. The van der Waals surface area contributed by atoms with Gasteiger partial charge in [0.25, 0.3) is 0 Å². The number of ether oxygens (including phenoxy) is 2. The summed E-state index contributed by atoms with van der Waals surface area (Å²) in [5, 5.41) is 0. The number of carbonyl (C=O) groups is 4. The van der Waals surface area contributed by atoms with E-state index >= 15 is 0 Å². The van der Waals surface area contributed by atoms with Gasteiger partial charge in [0.2, 0.25) is 0 Å². The minimum absolute atomic E-state index is 0.181. The average molecular weight is 761 g/mol. The van der Waals surface area contributed by atoms with E-state index in [1.54, 1.807) is 0 Å². The largest absolute Gasteiger partial charge is 0.390 e. The molecule has 0 rings (SSSR count). The number of hydrogen-bond acceptors (Lipinski definition) is 6. The lowest BCUT2D eigenvalue weighted by atomic mass is 10.0. The average Bonchev–Trinajstić information content (AvgIpc) is 3.15. The quantitative estimate of drug-likeness (QED) is 0.0266. The smallest absolute Gasteiger partial charge is 0.338 e. The fourth-order valence-corrected chi connectivity index (χ4v) is 7.23. The van der Waals surface area contributed by atoms with Crippen molar-refractivity contribution in [3.05, 3.63) is 12.2 Å². The maximum atomic E-state index is 12.0. The summed E-state index contributed by atoms with van der Waals surface area (Å²) >= 11 is 0. The lowest BCUT2D eigenvalue weighted by molar-refractivity contribution is -0.159. The summed E-state index contributed by atoms with van der Waals surface area (Å²) < 4.78 is 9.51. The highest BCUT2D eigenvalue weighted by Crippen LogP contribution is 2.17. The van der Waals surface area contributed by atoms with E-state index in [0.717, 1.165) is 37.8 Å². The van der Waals surface area contributed by atoms with Crippen molar-refractivity contribution >= 4 is 23.9 Å². The highest BCUT2D eigenvalue weighted by atomic mass is 16.6. The van der Waals surface area contributed by atoms with Gasteiger partial charge in [-0.3, -0.25) is 9.59 Å². The Labute approximate surface area is 334 Å². The molecule has 0 saturated heterocycles. The molecular formula is C48H88O6. The topological polar surface area (TPSA) is 86.7 Å². The molecule has 0 atom stereocenters. The molecule has 0 heterocycles. The van der Waals surface area contributed by atoms with Gasteiger partial charge in [-0.2, -0.15) is 0 Å². The fraction of sp³-hybridized carbons (Fsp3) is 0.875. The molecular weight excluding hydrogens is 673 g/mol. The van der Waals surface area contributed by atoms with Crippen molar-refractivity contribution in [1.29, 1.82) is 0 Å². The third kappa shape index (κ3) is 42.8. The van der Waals surface area contributed by atoms with E-state index in [-0.39, 0.29) is 12.8 Å². The molecule has 316 valence electrons. The van der Waals surface area contributed by atoms with Crippen molar-refractivity contribution in [3.63, 3.8) is 0 Å². The van der Waals surface area contributed by atoms with Gasteiger partial charge in [-0.25, -0.2) is 9.59 Å². The van der Waals surface area contributed by atoms with Gasteiger partial charge in [0.05, 0.1) is 0 Å². The summed E-state index contributed by atoms with van der Waals surface area (Å²) in [4.78, 5) is 47.7. The number of rotatable bonds is 42. The van der Waals surface area contributed by atoms with Gasteiger partial charge in [0, 0.05) is 25.0 Å². The van der Waals surface area contributed by atoms with Crippen molar-refractivity contribution in [2.75, 3.05) is 0 Å². The Kier molecular flexibility index (Phi) is 42.1. The molecule has 0 amide bonds. The summed E-state index contributed by atoms with van der Waals surface area (Å²) in [5.41, 5.74) is 0. The molecule has 6 heteroatoms. The number of esters is 4. The Morgan fingerprint density at radius 1 is 0.278 bits per heavy atom. The van der Waals surface area contributed by atoms with Crippen LogP contribution < -0.4 is 0 Å². The molecule has 0 aromatic carbocycles. The van der Waals surface area contributed by atoms with Gasteiger partial charge >= 0.3 is 23.9 Å². The van der Waals surface area contributed by atoms with E-state index in [0.29, 0.717) is 12.8 Å². The van der Waals surface area contributed by atoms with Crippen molar-refractivity contribution in [2.45, 2.75) is 271 Å². The van der Waals surface area contributed by atoms with Crippen LogP contribution in [0.1, 0.15) is 271 Å². The van der Waals surface area contributed by atoms with Crippen LogP contribution in [0.2, 0.25) is 0 Å². The van der Waals surface area contributed by atoms with Gasteiger partial charge < -0.3 is 9.47 Å². The van der Waals surface area contributed by atoms with E-state index in [4.69, 9.17) is 9.47 Å². The van der Waals surface area contributed by atoms with Gasteiger partial charge in [-0.1, -0.05) is 245 Å². The Morgan fingerprint density at radius 2 is 0.444 bits per heavy atom. The van der Waals surface area contributed by atoms with Crippen molar-refractivity contribution in [1.82, 2.24) is 0 Å². The molecule has 6 nitrogen and oxygen atoms in total. The highest BCUT2D eigenvalue weighted by Gasteiger charge is 2.11. The van der Waals surface area contributed by atoms with Gasteiger partial charge in [-0.05, 0) is 12.8 Å². The molecule has 0 bridgehead atoms. The Morgan fingerprint density at radius 3 is 0.630 bits per heavy atom. The van der Waals surface area contributed by atoms with Crippen LogP contribution >= 0.6 is 0 Å². The molecule has 0 aliphatic rings. The van der Waals surface area contributed by atoms with Crippen LogP contribution in [-0.2, 0) is 28.7 Å². The molecule has 0 fully saturated rings. The first kappa shape index (κ1) is 52.0. The first-order chi connectivity index (χ1) is 26.5. The van der Waals surface area contributed by atoms with Crippen LogP contribution in [0.3, 0.4) is 0 Å². The molecule has 0 unspecified atom stereocenters. The highest BCUT2D eigenvalue weighted by molar-refractivity contribution is 5.98.